The van der Waals surface area contributed by atoms with Crippen molar-refractivity contribution in [3.63, 3.8) is 0 Å². The van der Waals surface area contributed by atoms with Crippen LogP contribution in [0.3, 0.4) is 0 Å². The van der Waals surface area contributed by atoms with Gasteiger partial charge in [-0.15, -0.1) is 0 Å². The van der Waals surface area contributed by atoms with Crippen molar-refractivity contribution in [3.05, 3.63) is 64.7 Å². The Balaban J connectivity index is 1.73. The molecule has 1 fully saturated rings. The molecule has 1 heterocycles. The zero-order valence-corrected chi connectivity index (χ0v) is 14.5. The number of hydrogen-bond donors (Lipinski definition) is 1. The lowest BCUT2D eigenvalue weighted by molar-refractivity contribution is 0.374. The molecule has 3 rings (SSSR count). The van der Waals surface area contributed by atoms with Crippen molar-refractivity contribution in [1.82, 2.24) is 0 Å². The molecular formula is C21H28N2. The van der Waals surface area contributed by atoms with Gasteiger partial charge in [0.25, 0.3) is 0 Å². The van der Waals surface area contributed by atoms with E-state index in [4.69, 9.17) is 5.73 Å². The van der Waals surface area contributed by atoms with Gasteiger partial charge in [-0.3, -0.25) is 0 Å². The van der Waals surface area contributed by atoms with Crippen molar-refractivity contribution in [1.29, 1.82) is 0 Å². The zero-order valence-electron chi connectivity index (χ0n) is 14.5. The molecule has 2 unspecified atom stereocenters. The van der Waals surface area contributed by atoms with Crippen LogP contribution in [-0.2, 0) is 6.42 Å². The lowest BCUT2D eigenvalue weighted by Gasteiger charge is -2.38. The van der Waals surface area contributed by atoms with E-state index < -0.39 is 0 Å². The smallest absolute Gasteiger partial charge is 0.0369 e. The molecular weight excluding hydrogens is 280 g/mol. The molecule has 23 heavy (non-hydrogen) atoms. The van der Waals surface area contributed by atoms with Crippen molar-refractivity contribution in [2.24, 2.45) is 11.7 Å². The molecule has 2 heteroatoms. The van der Waals surface area contributed by atoms with Crippen LogP contribution in [0, 0.1) is 26.7 Å². The molecule has 0 saturated carbocycles. The molecule has 2 atom stereocenters. The quantitative estimate of drug-likeness (QED) is 0.928. The lowest BCUT2D eigenvalue weighted by Crippen LogP contribution is -2.47. The maximum atomic E-state index is 6.36. The third-order valence-electron chi connectivity index (χ3n) is 5.07. The maximum Gasteiger partial charge on any atom is 0.0369 e. The van der Waals surface area contributed by atoms with Gasteiger partial charge >= 0.3 is 0 Å². The van der Waals surface area contributed by atoms with E-state index in [2.05, 4.69) is 68.1 Å². The first-order chi connectivity index (χ1) is 11.0. The van der Waals surface area contributed by atoms with Crippen molar-refractivity contribution >= 4 is 5.69 Å². The highest BCUT2D eigenvalue weighted by atomic mass is 15.2. The summed E-state index contributed by atoms with van der Waals surface area (Å²) in [6.45, 7) is 8.56. The van der Waals surface area contributed by atoms with Crippen LogP contribution < -0.4 is 10.6 Å². The summed E-state index contributed by atoms with van der Waals surface area (Å²) < 4.78 is 0. The molecule has 0 amide bonds. The number of rotatable bonds is 3. The van der Waals surface area contributed by atoms with Gasteiger partial charge in [-0.1, -0.05) is 35.9 Å². The maximum absolute atomic E-state index is 6.36. The van der Waals surface area contributed by atoms with Gasteiger partial charge in [0.15, 0.2) is 0 Å². The van der Waals surface area contributed by atoms with E-state index in [-0.39, 0.29) is 6.04 Å². The van der Waals surface area contributed by atoms with Gasteiger partial charge in [0.05, 0.1) is 0 Å². The topological polar surface area (TPSA) is 29.3 Å². The van der Waals surface area contributed by atoms with Gasteiger partial charge in [-0.25, -0.2) is 0 Å². The Bertz CT molecular complexity index is 660. The minimum atomic E-state index is 0.265. The van der Waals surface area contributed by atoms with Crippen LogP contribution in [0.1, 0.15) is 28.7 Å². The van der Waals surface area contributed by atoms with Crippen LogP contribution in [0.2, 0.25) is 0 Å². The molecule has 0 radical (unpaired) electrons. The van der Waals surface area contributed by atoms with Crippen LogP contribution in [0.4, 0.5) is 5.69 Å². The van der Waals surface area contributed by atoms with Gasteiger partial charge in [0.2, 0.25) is 0 Å². The van der Waals surface area contributed by atoms with E-state index in [9.17, 15) is 0 Å². The van der Waals surface area contributed by atoms with Gasteiger partial charge < -0.3 is 10.6 Å². The highest BCUT2D eigenvalue weighted by molar-refractivity contribution is 5.51. The van der Waals surface area contributed by atoms with Crippen LogP contribution in [0.15, 0.2) is 42.5 Å². The van der Waals surface area contributed by atoms with Crippen LogP contribution in [0.25, 0.3) is 0 Å². The number of nitrogens with two attached hydrogens (primary N) is 1. The van der Waals surface area contributed by atoms with E-state index in [0.29, 0.717) is 5.92 Å². The Kier molecular flexibility index (Phi) is 4.72. The first kappa shape index (κ1) is 16.1. The summed E-state index contributed by atoms with van der Waals surface area (Å²) >= 11 is 0. The second kappa shape index (κ2) is 6.76. The van der Waals surface area contributed by atoms with Crippen LogP contribution in [-0.4, -0.2) is 19.1 Å². The minimum Gasteiger partial charge on any atom is -0.370 e. The largest absolute Gasteiger partial charge is 0.370 e. The van der Waals surface area contributed by atoms with Crippen molar-refractivity contribution in [3.8, 4) is 0 Å². The second-order valence-corrected chi connectivity index (χ2v) is 7.23. The number of anilines is 1. The average Bonchev–Trinajstić information content (AvgIpc) is 2.52. The number of benzene rings is 2. The van der Waals surface area contributed by atoms with Crippen molar-refractivity contribution in [2.75, 3.05) is 18.0 Å². The molecule has 1 aliphatic rings. The Labute approximate surface area is 140 Å². The zero-order chi connectivity index (χ0) is 16.4. The van der Waals surface area contributed by atoms with Gasteiger partial charge in [0, 0.05) is 24.8 Å². The van der Waals surface area contributed by atoms with Crippen molar-refractivity contribution < 1.29 is 0 Å². The molecule has 1 saturated heterocycles. The van der Waals surface area contributed by atoms with Gasteiger partial charge in [-0.05, 0) is 68.4 Å². The van der Waals surface area contributed by atoms with Crippen molar-refractivity contribution in [2.45, 2.75) is 39.7 Å². The molecule has 0 aliphatic carbocycles. The first-order valence-electron chi connectivity index (χ1n) is 8.64. The van der Waals surface area contributed by atoms with E-state index in [1.807, 2.05) is 0 Å². The lowest BCUT2D eigenvalue weighted by atomic mass is 9.88. The molecule has 2 aromatic carbocycles. The monoisotopic (exact) mass is 308 g/mol. The summed E-state index contributed by atoms with van der Waals surface area (Å²) in [5.41, 5.74) is 13.1. The first-order valence-corrected chi connectivity index (χ1v) is 8.64. The third-order valence-corrected chi connectivity index (χ3v) is 5.07. The number of piperidine rings is 1. The Hall–Kier alpha value is -1.80. The predicted octanol–water partition coefficient (Wildman–Crippen LogP) is 4.01. The number of aryl methyl sites for hydroxylation is 3. The summed E-state index contributed by atoms with van der Waals surface area (Å²) in [5, 5.41) is 0. The summed E-state index contributed by atoms with van der Waals surface area (Å²) in [6, 6.07) is 16.0. The molecule has 2 aromatic rings. The van der Waals surface area contributed by atoms with E-state index >= 15 is 0 Å². The highest BCUT2D eigenvalue weighted by Crippen LogP contribution is 2.26. The average molecular weight is 308 g/mol. The van der Waals surface area contributed by atoms with Gasteiger partial charge in [0.1, 0.15) is 0 Å². The van der Waals surface area contributed by atoms with Crippen LogP contribution >= 0.6 is 0 Å². The molecule has 0 spiro atoms. The summed E-state index contributed by atoms with van der Waals surface area (Å²) in [6.07, 6.45) is 2.24. The molecule has 2 N–H and O–H groups in total. The summed E-state index contributed by atoms with van der Waals surface area (Å²) in [4.78, 5) is 2.47. The normalized spacial score (nSPS) is 21.5. The Morgan fingerprint density at radius 2 is 1.70 bits per heavy atom. The molecule has 0 aromatic heterocycles. The molecule has 0 bridgehead atoms. The second-order valence-electron chi connectivity index (χ2n) is 7.23. The fraction of sp³-hybridized carbons (Fsp3) is 0.429. The van der Waals surface area contributed by atoms with E-state index in [1.165, 1.54) is 27.9 Å². The fourth-order valence-corrected chi connectivity index (χ4v) is 3.59. The minimum absolute atomic E-state index is 0.265. The SMILES string of the molecule is Cc1ccc(CC2CC(N)CN(c3ccc(C)c(C)c3)C2)cc1. The fourth-order valence-electron chi connectivity index (χ4n) is 3.59. The Morgan fingerprint density at radius 3 is 2.39 bits per heavy atom. The Morgan fingerprint density at radius 1 is 0.957 bits per heavy atom. The molecule has 122 valence electrons. The van der Waals surface area contributed by atoms with Gasteiger partial charge in [-0.2, -0.15) is 0 Å². The number of nitrogens with zero attached hydrogens (tertiary/aromatic N) is 1. The third kappa shape index (κ3) is 3.94. The summed E-state index contributed by atoms with van der Waals surface area (Å²) in [7, 11) is 0. The van der Waals surface area contributed by atoms with Crippen LogP contribution in [0.5, 0.6) is 0 Å². The molecule has 2 nitrogen and oxygen atoms in total. The van der Waals surface area contributed by atoms with E-state index in [1.54, 1.807) is 0 Å². The van der Waals surface area contributed by atoms with E-state index in [0.717, 1.165) is 25.9 Å². The number of hydrogen-bond acceptors (Lipinski definition) is 2. The standard InChI is InChI=1S/C21H28N2/c1-15-4-7-18(8-5-15)11-19-12-20(22)14-23(13-19)21-9-6-16(2)17(3)10-21/h4-10,19-20H,11-14,22H2,1-3H3. The highest BCUT2D eigenvalue weighted by Gasteiger charge is 2.25. The predicted molar refractivity (Wildman–Crippen MR) is 99.1 cm³/mol. The summed E-state index contributed by atoms with van der Waals surface area (Å²) in [5.74, 6) is 0.628. The molecule has 1 aliphatic heterocycles.